The maximum atomic E-state index is 9.99. The minimum Gasteiger partial charge on any atom is -0.493 e. The molecule has 1 unspecified atom stereocenters. The highest BCUT2D eigenvalue weighted by atomic mass is 16.5. The van der Waals surface area contributed by atoms with E-state index in [1.54, 1.807) is 26.4 Å². The van der Waals surface area contributed by atoms with Crippen LogP contribution in [0.25, 0.3) is 0 Å². The molecular weight excluding hydrogens is 284 g/mol. The lowest BCUT2D eigenvalue weighted by molar-refractivity contribution is 0.0332. The highest BCUT2D eigenvalue weighted by molar-refractivity contribution is 5.39. The van der Waals surface area contributed by atoms with Gasteiger partial charge in [0.05, 0.1) is 14.2 Å². The molecule has 1 aromatic rings. The molecule has 1 aliphatic rings. The molecule has 1 N–H and O–H groups in total. The number of hydrogen-bond donors (Lipinski definition) is 1. The number of ether oxygens (including phenoxy) is 4. The van der Waals surface area contributed by atoms with Crippen LogP contribution in [0.2, 0.25) is 0 Å². The molecule has 0 fully saturated rings. The van der Waals surface area contributed by atoms with E-state index in [2.05, 4.69) is 0 Å². The van der Waals surface area contributed by atoms with E-state index in [0.29, 0.717) is 23.0 Å². The van der Waals surface area contributed by atoms with E-state index in [1.807, 2.05) is 24.3 Å². The van der Waals surface area contributed by atoms with Gasteiger partial charge in [-0.15, -0.1) is 0 Å². The number of allylic oxidation sites excluding steroid dienone is 2. The Hall–Kier alpha value is -2.14. The maximum absolute atomic E-state index is 9.99. The SMILES string of the molecule is COC1=CCCC=C1OCC(O)COc1ccccc1OC. The van der Waals surface area contributed by atoms with Crippen molar-refractivity contribution in [3.63, 3.8) is 0 Å². The van der Waals surface area contributed by atoms with Crippen molar-refractivity contribution in [3.05, 3.63) is 47.9 Å². The molecule has 0 heterocycles. The lowest BCUT2D eigenvalue weighted by atomic mass is 10.1. The van der Waals surface area contributed by atoms with Gasteiger partial charge in [-0.05, 0) is 37.1 Å². The van der Waals surface area contributed by atoms with E-state index in [0.717, 1.165) is 12.8 Å². The van der Waals surface area contributed by atoms with Crippen molar-refractivity contribution in [1.82, 2.24) is 0 Å². The molecule has 2 rings (SSSR count). The van der Waals surface area contributed by atoms with Crippen LogP contribution < -0.4 is 9.47 Å². The standard InChI is InChI=1S/C17H22O5/c1-19-14-7-3-5-9-16(14)21-11-13(18)12-22-17-10-6-4-8-15(17)20-2/h3,5,7-10,13,18H,4,6,11-12H2,1-2H3. The third-order valence-corrected chi connectivity index (χ3v) is 3.22. The summed E-state index contributed by atoms with van der Waals surface area (Å²) < 4.78 is 21.6. The van der Waals surface area contributed by atoms with Gasteiger partial charge in [0.1, 0.15) is 19.3 Å². The Morgan fingerprint density at radius 2 is 1.55 bits per heavy atom. The Morgan fingerprint density at radius 3 is 2.23 bits per heavy atom. The van der Waals surface area contributed by atoms with Crippen LogP contribution in [0.4, 0.5) is 0 Å². The van der Waals surface area contributed by atoms with Gasteiger partial charge in [0.2, 0.25) is 0 Å². The summed E-state index contributed by atoms with van der Waals surface area (Å²) >= 11 is 0. The summed E-state index contributed by atoms with van der Waals surface area (Å²) in [6.07, 6.45) is 5.05. The Labute approximate surface area is 130 Å². The molecule has 0 aliphatic heterocycles. The zero-order chi connectivity index (χ0) is 15.8. The Kier molecular flexibility index (Phi) is 6.15. The second-order valence-electron chi connectivity index (χ2n) is 4.84. The van der Waals surface area contributed by atoms with Crippen molar-refractivity contribution in [2.75, 3.05) is 27.4 Å². The first kappa shape index (κ1) is 16.2. The van der Waals surface area contributed by atoms with Crippen LogP contribution in [0.5, 0.6) is 11.5 Å². The van der Waals surface area contributed by atoms with Crippen LogP contribution in [0.15, 0.2) is 47.9 Å². The molecule has 1 aliphatic carbocycles. The van der Waals surface area contributed by atoms with E-state index in [9.17, 15) is 5.11 Å². The summed E-state index contributed by atoms with van der Waals surface area (Å²) in [5.41, 5.74) is 0. The first-order valence-corrected chi connectivity index (χ1v) is 7.26. The van der Waals surface area contributed by atoms with E-state index in [4.69, 9.17) is 18.9 Å². The largest absolute Gasteiger partial charge is 0.493 e. The fourth-order valence-corrected chi connectivity index (χ4v) is 2.10. The summed E-state index contributed by atoms with van der Waals surface area (Å²) in [6, 6.07) is 7.31. The first-order chi connectivity index (χ1) is 10.7. The monoisotopic (exact) mass is 306 g/mol. The lowest BCUT2D eigenvalue weighted by Crippen LogP contribution is -2.24. The Balaban J connectivity index is 1.80. The fraction of sp³-hybridized carbons (Fsp3) is 0.412. The third-order valence-electron chi connectivity index (χ3n) is 3.22. The molecule has 0 spiro atoms. The molecule has 1 atom stereocenters. The summed E-state index contributed by atoms with van der Waals surface area (Å²) in [5.74, 6) is 2.61. The number of para-hydroxylation sites is 2. The second-order valence-corrected chi connectivity index (χ2v) is 4.84. The number of aliphatic hydroxyl groups excluding tert-OH is 1. The predicted molar refractivity (Wildman–Crippen MR) is 82.9 cm³/mol. The number of benzene rings is 1. The van der Waals surface area contributed by atoms with E-state index in [-0.39, 0.29) is 13.2 Å². The van der Waals surface area contributed by atoms with E-state index < -0.39 is 6.10 Å². The lowest BCUT2D eigenvalue weighted by Gasteiger charge is -2.19. The zero-order valence-corrected chi connectivity index (χ0v) is 13.0. The van der Waals surface area contributed by atoms with Crippen LogP contribution in [0.1, 0.15) is 12.8 Å². The van der Waals surface area contributed by atoms with Gasteiger partial charge in [-0.3, -0.25) is 0 Å². The van der Waals surface area contributed by atoms with Crippen molar-refractivity contribution < 1.29 is 24.1 Å². The normalized spacial score (nSPS) is 15.4. The quantitative estimate of drug-likeness (QED) is 0.800. The van der Waals surface area contributed by atoms with Gasteiger partial charge in [-0.2, -0.15) is 0 Å². The van der Waals surface area contributed by atoms with Crippen molar-refractivity contribution in [2.24, 2.45) is 0 Å². The molecular formula is C17H22O5. The minimum absolute atomic E-state index is 0.125. The molecule has 0 saturated carbocycles. The minimum atomic E-state index is -0.745. The van der Waals surface area contributed by atoms with Crippen molar-refractivity contribution in [3.8, 4) is 11.5 Å². The molecule has 0 amide bonds. The van der Waals surface area contributed by atoms with Gasteiger partial charge in [-0.25, -0.2) is 0 Å². The van der Waals surface area contributed by atoms with Gasteiger partial charge >= 0.3 is 0 Å². The fourth-order valence-electron chi connectivity index (χ4n) is 2.10. The van der Waals surface area contributed by atoms with E-state index >= 15 is 0 Å². The molecule has 5 heteroatoms. The zero-order valence-electron chi connectivity index (χ0n) is 13.0. The summed E-state index contributed by atoms with van der Waals surface area (Å²) in [4.78, 5) is 0. The molecule has 0 saturated heterocycles. The second kappa shape index (κ2) is 8.34. The molecule has 0 bridgehead atoms. The van der Waals surface area contributed by atoms with Gasteiger partial charge in [0.15, 0.2) is 23.0 Å². The van der Waals surface area contributed by atoms with Crippen molar-refractivity contribution >= 4 is 0 Å². The molecule has 0 radical (unpaired) electrons. The van der Waals surface area contributed by atoms with Crippen LogP contribution in [-0.4, -0.2) is 38.6 Å². The van der Waals surface area contributed by atoms with Crippen LogP contribution >= 0.6 is 0 Å². The van der Waals surface area contributed by atoms with Crippen LogP contribution in [-0.2, 0) is 9.47 Å². The molecule has 22 heavy (non-hydrogen) atoms. The Bertz CT molecular complexity index is 536. The topological polar surface area (TPSA) is 57.2 Å². The Morgan fingerprint density at radius 1 is 0.909 bits per heavy atom. The summed E-state index contributed by atoms with van der Waals surface area (Å²) in [5, 5.41) is 9.99. The van der Waals surface area contributed by atoms with Gasteiger partial charge < -0.3 is 24.1 Å². The van der Waals surface area contributed by atoms with Crippen molar-refractivity contribution in [1.29, 1.82) is 0 Å². The number of hydrogen-bond acceptors (Lipinski definition) is 5. The number of methoxy groups -OCH3 is 2. The number of rotatable bonds is 8. The van der Waals surface area contributed by atoms with E-state index in [1.165, 1.54) is 0 Å². The number of aliphatic hydroxyl groups is 1. The molecule has 5 nitrogen and oxygen atoms in total. The van der Waals surface area contributed by atoms with Crippen molar-refractivity contribution in [2.45, 2.75) is 18.9 Å². The summed E-state index contributed by atoms with van der Waals surface area (Å²) in [7, 11) is 3.19. The maximum Gasteiger partial charge on any atom is 0.161 e. The highest BCUT2D eigenvalue weighted by Crippen LogP contribution is 2.26. The smallest absolute Gasteiger partial charge is 0.161 e. The predicted octanol–water partition coefficient (Wildman–Crippen LogP) is 2.66. The molecule has 1 aromatic carbocycles. The third kappa shape index (κ3) is 4.43. The summed E-state index contributed by atoms with van der Waals surface area (Å²) in [6.45, 7) is 0.265. The van der Waals surface area contributed by atoms with Crippen LogP contribution in [0, 0.1) is 0 Å². The van der Waals surface area contributed by atoms with Gasteiger partial charge in [0.25, 0.3) is 0 Å². The van der Waals surface area contributed by atoms with Crippen LogP contribution in [0.3, 0.4) is 0 Å². The highest BCUT2D eigenvalue weighted by Gasteiger charge is 2.14. The first-order valence-electron chi connectivity index (χ1n) is 7.26. The van der Waals surface area contributed by atoms with Gasteiger partial charge in [0, 0.05) is 0 Å². The average Bonchev–Trinajstić information content (AvgIpc) is 2.58. The molecule has 0 aromatic heterocycles. The average molecular weight is 306 g/mol. The molecule has 120 valence electrons. The van der Waals surface area contributed by atoms with Gasteiger partial charge in [-0.1, -0.05) is 12.1 Å².